The molecule has 0 aromatic carbocycles. The van der Waals surface area contributed by atoms with Crippen LogP contribution in [-0.4, -0.2) is 24.8 Å². The normalized spacial score (nSPS) is 46.8. The molecule has 0 aromatic rings. The lowest BCUT2D eigenvalue weighted by Crippen LogP contribution is -2.46. The fraction of sp³-hybridized carbons (Fsp3) is 1.00. The van der Waals surface area contributed by atoms with Crippen molar-refractivity contribution >= 4 is 0 Å². The van der Waals surface area contributed by atoms with Gasteiger partial charge in [-0.1, -0.05) is 25.7 Å². The average Bonchev–Trinajstić information content (AvgIpc) is 2.75. The van der Waals surface area contributed by atoms with E-state index in [9.17, 15) is 0 Å². The zero-order chi connectivity index (χ0) is 11.7. The van der Waals surface area contributed by atoms with Gasteiger partial charge in [0.25, 0.3) is 0 Å². The molecule has 17 heavy (non-hydrogen) atoms. The molecule has 0 aromatic heterocycles. The molecule has 0 radical (unpaired) electrons. The monoisotopic (exact) mass is 237 g/mol. The van der Waals surface area contributed by atoms with Gasteiger partial charge in [-0.05, 0) is 44.4 Å². The third kappa shape index (κ3) is 2.68. The molecule has 2 heteroatoms. The van der Waals surface area contributed by atoms with Crippen molar-refractivity contribution in [3.05, 3.63) is 0 Å². The van der Waals surface area contributed by atoms with Gasteiger partial charge in [0.1, 0.15) is 0 Å². The molecule has 2 nitrogen and oxygen atoms in total. The van der Waals surface area contributed by atoms with Crippen LogP contribution in [0.4, 0.5) is 0 Å². The molecule has 2 aliphatic carbocycles. The van der Waals surface area contributed by atoms with Crippen LogP contribution in [0, 0.1) is 11.8 Å². The zero-order valence-corrected chi connectivity index (χ0v) is 11.2. The molecule has 1 heterocycles. The van der Waals surface area contributed by atoms with Crippen LogP contribution in [0.15, 0.2) is 0 Å². The largest absolute Gasteiger partial charge is 0.377 e. The molecule has 5 unspecified atom stereocenters. The molecular weight excluding hydrogens is 210 g/mol. The Morgan fingerprint density at radius 2 is 1.76 bits per heavy atom. The Bertz CT molecular complexity index is 255. The summed E-state index contributed by atoms with van der Waals surface area (Å²) >= 11 is 0. The fourth-order valence-corrected chi connectivity index (χ4v) is 4.28. The maximum Gasteiger partial charge on any atom is 0.0700 e. The van der Waals surface area contributed by atoms with E-state index in [1.165, 1.54) is 51.4 Å². The van der Waals surface area contributed by atoms with E-state index in [1.807, 2.05) is 0 Å². The van der Waals surface area contributed by atoms with Crippen LogP contribution in [0.2, 0.25) is 0 Å². The molecule has 0 amide bonds. The Kier molecular flexibility index (Phi) is 3.72. The summed E-state index contributed by atoms with van der Waals surface area (Å²) in [5, 5.41) is 3.88. The van der Waals surface area contributed by atoms with Crippen LogP contribution >= 0.6 is 0 Å². The Hall–Kier alpha value is -0.0800. The van der Waals surface area contributed by atoms with Gasteiger partial charge in [-0.25, -0.2) is 0 Å². The molecule has 0 bridgehead atoms. The average molecular weight is 237 g/mol. The summed E-state index contributed by atoms with van der Waals surface area (Å²) in [4.78, 5) is 0. The number of ether oxygens (including phenoxy) is 1. The second-order valence-electron chi connectivity index (χ2n) is 6.45. The zero-order valence-electron chi connectivity index (χ0n) is 11.2. The minimum atomic E-state index is 0.430. The van der Waals surface area contributed by atoms with Gasteiger partial charge in [-0.15, -0.1) is 0 Å². The van der Waals surface area contributed by atoms with E-state index < -0.39 is 0 Å². The van der Waals surface area contributed by atoms with Gasteiger partial charge in [-0.2, -0.15) is 0 Å². The van der Waals surface area contributed by atoms with Crippen molar-refractivity contribution in [1.29, 1.82) is 0 Å². The summed E-state index contributed by atoms with van der Waals surface area (Å²) < 4.78 is 5.65. The van der Waals surface area contributed by atoms with Crippen molar-refractivity contribution in [2.45, 2.75) is 76.5 Å². The second kappa shape index (κ2) is 5.27. The van der Waals surface area contributed by atoms with Gasteiger partial charge in [0.05, 0.1) is 6.10 Å². The quantitative estimate of drug-likeness (QED) is 0.797. The first-order valence-electron chi connectivity index (χ1n) is 7.70. The highest BCUT2D eigenvalue weighted by atomic mass is 16.5. The van der Waals surface area contributed by atoms with Gasteiger partial charge in [0.15, 0.2) is 0 Å². The first kappa shape index (κ1) is 12.0. The summed E-state index contributed by atoms with van der Waals surface area (Å²) in [5.41, 5.74) is 0. The van der Waals surface area contributed by atoms with Crippen LogP contribution in [0.25, 0.3) is 0 Å². The highest BCUT2D eigenvalue weighted by Gasteiger charge is 2.34. The van der Waals surface area contributed by atoms with Crippen molar-refractivity contribution in [3.63, 3.8) is 0 Å². The lowest BCUT2D eigenvalue weighted by molar-refractivity contribution is 0.0986. The van der Waals surface area contributed by atoms with Crippen LogP contribution < -0.4 is 5.32 Å². The first-order chi connectivity index (χ1) is 8.33. The van der Waals surface area contributed by atoms with E-state index in [-0.39, 0.29) is 0 Å². The maximum absolute atomic E-state index is 5.65. The second-order valence-corrected chi connectivity index (χ2v) is 6.45. The molecule has 5 atom stereocenters. The van der Waals surface area contributed by atoms with Crippen molar-refractivity contribution < 1.29 is 4.74 Å². The van der Waals surface area contributed by atoms with E-state index >= 15 is 0 Å². The van der Waals surface area contributed by atoms with E-state index in [0.717, 1.165) is 24.5 Å². The molecule has 2 saturated carbocycles. The Morgan fingerprint density at radius 3 is 2.53 bits per heavy atom. The van der Waals surface area contributed by atoms with Crippen LogP contribution in [0.3, 0.4) is 0 Å². The molecule has 3 aliphatic rings. The van der Waals surface area contributed by atoms with Crippen molar-refractivity contribution in [2.24, 2.45) is 11.8 Å². The smallest absolute Gasteiger partial charge is 0.0700 e. The van der Waals surface area contributed by atoms with E-state index in [1.54, 1.807) is 0 Å². The Morgan fingerprint density at radius 1 is 0.941 bits per heavy atom. The van der Waals surface area contributed by atoms with Crippen LogP contribution in [0.1, 0.15) is 58.3 Å². The first-order valence-corrected chi connectivity index (χ1v) is 7.70. The molecule has 3 rings (SSSR count). The topological polar surface area (TPSA) is 21.3 Å². The maximum atomic E-state index is 5.65. The van der Waals surface area contributed by atoms with Gasteiger partial charge < -0.3 is 10.1 Å². The minimum absolute atomic E-state index is 0.430. The number of rotatable bonds is 2. The number of nitrogens with one attached hydrogen (secondary N) is 1. The molecule has 1 saturated heterocycles. The third-order valence-corrected chi connectivity index (χ3v) is 5.37. The summed E-state index contributed by atoms with van der Waals surface area (Å²) in [6.07, 6.45) is 12.0. The predicted molar refractivity (Wildman–Crippen MR) is 70.0 cm³/mol. The molecule has 98 valence electrons. The lowest BCUT2D eigenvalue weighted by atomic mass is 9.69. The van der Waals surface area contributed by atoms with Crippen molar-refractivity contribution in [3.8, 4) is 0 Å². The van der Waals surface area contributed by atoms with Gasteiger partial charge in [0, 0.05) is 18.7 Å². The SMILES string of the molecule is CC1OCCC1NC1CCC2CCCCC2C1. The summed E-state index contributed by atoms with van der Waals surface area (Å²) in [6.45, 7) is 3.18. The molecule has 3 fully saturated rings. The Labute approximate surface area is 105 Å². The number of fused-ring (bicyclic) bond motifs is 1. The predicted octanol–water partition coefficient (Wildman–Crippen LogP) is 3.11. The molecule has 0 spiro atoms. The minimum Gasteiger partial charge on any atom is -0.377 e. The van der Waals surface area contributed by atoms with Crippen LogP contribution in [-0.2, 0) is 4.74 Å². The molecule has 1 N–H and O–H groups in total. The highest BCUT2D eigenvalue weighted by Crippen LogP contribution is 2.40. The van der Waals surface area contributed by atoms with Gasteiger partial charge in [0.2, 0.25) is 0 Å². The Balaban J connectivity index is 1.51. The van der Waals surface area contributed by atoms with Gasteiger partial charge >= 0.3 is 0 Å². The standard InChI is InChI=1S/C15H27NO/c1-11-15(8-9-17-11)16-14-7-6-12-4-2-3-5-13(12)10-14/h11-16H,2-10H2,1H3. The van der Waals surface area contributed by atoms with E-state index in [2.05, 4.69) is 12.2 Å². The van der Waals surface area contributed by atoms with E-state index in [4.69, 9.17) is 4.74 Å². The molecular formula is C15H27NO. The highest BCUT2D eigenvalue weighted by molar-refractivity contribution is 4.89. The third-order valence-electron chi connectivity index (χ3n) is 5.37. The number of hydrogen-bond acceptors (Lipinski definition) is 2. The number of hydrogen-bond donors (Lipinski definition) is 1. The summed E-state index contributed by atoms with van der Waals surface area (Å²) in [6, 6.07) is 1.41. The van der Waals surface area contributed by atoms with Gasteiger partial charge in [-0.3, -0.25) is 0 Å². The molecule has 1 aliphatic heterocycles. The summed E-state index contributed by atoms with van der Waals surface area (Å²) in [5.74, 6) is 2.10. The van der Waals surface area contributed by atoms with E-state index in [0.29, 0.717) is 12.1 Å². The van der Waals surface area contributed by atoms with Crippen molar-refractivity contribution in [2.75, 3.05) is 6.61 Å². The van der Waals surface area contributed by atoms with Crippen molar-refractivity contribution in [1.82, 2.24) is 5.32 Å². The lowest BCUT2D eigenvalue weighted by Gasteiger charge is -2.40. The van der Waals surface area contributed by atoms with Crippen LogP contribution in [0.5, 0.6) is 0 Å². The fourth-order valence-electron chi connectivity index (χ4n) is 4.28. The summed E-state index contributed by atoms with van der Waals surface area (Å²) in [7, 11) is 0.